The first kappa shape index (κ1) is 14.8. The number of esters is 1. The van der Waals surface area contributed by atoms with Crippen LogP contribution in [0.15, 0.2) is 28.2 Å². The van der Waals surface area contributed by atoms with Crippen molar-refractivity contribution in [1.82, 2.24) is 9.88 Å². The lowest BCUT2D eigenvalue weighted by Crippen LogP contribution is -2.40. The van der Waals surface area contributed by atoms with E-state index in [1.807, 2.05) is 6.07 Å². The second-order valence-corrected chi connectivity index (χ2v) is 5.96. The standard InChI is InChI=1S/C15H16N2O4S/c1-20-15(19)10-4-6-17(7-5-10)14(18)11-9-22-13(16-11)12-3-2-8-21-12/h2-3,8-10H,4-7H2,1H3. The van der Waals surface area contributed by atoms with Crippen molar-refractivity contribution < 1.29 is 18.7 Å². The van der Waals surface area contributed by atoms with E-state index >= 15 is 0 Å². The fourth-order valence-electron chi connectivity index (χ4n) is 2.53. The van der Waals surface area contributed by atoms with Crippen LogP contribution in [0.1, 0.15) is 23.3 Å². The maximum Gasteiger partial charge on any atom is 0.308 e. The summed E-state index contributed by atoms with van der Waals surface area (Å²) in [5.41, 5.74) is 0.424. The molecule has 22 heavy (non-hydrogen) atoms. The number of piperidine rings is 1. The third-order valence-electron chi connectivity index (χ3n) is 3.77. The molecule has 0 N–H and O–H groups in total. The lowest BCUT2D eigenvalue weighted by atomic mass is 9.97. The molecule has 0 aliphatic carbocycles. The minimum atomic E-state index is -0.194. The molecule has 6 nitrogen and oxygen atoms in total. The number of methoxy groups -OCH3 is 1. The Hall–Kier alpha value is -2.15. The molecular formula is C15H16N2O4S. The number of amides is 1. The number of aromatic nitrogens is 1. The Morgan fingerprint density at radius 2 is 2.18 bits per heavy atom. The van der Waals surface area contributed by atoms with Crippen LogP contribution in [0.4, 0.5) is 0 Å². The van der Waals surface area contributed by atoms with Gasteiger partial charge in [-0.25, -0.2) is 4.98 Å². The van der Waals surface area contributed by atoms with Crippen LogP contribution >= 0.6 is 11.3 Å². The molecule has 1 saturated heterocycles. The molecule has 1 aliphatic rings. The Balaban J connectivity index is 1.64. The molecule has 0 atom stereocenters. The van der Waals surface area contributed by atoms with Gasteiger partial charge in [-0.2, -0.15) is 0 Å². The summed E-state index contributed by atoms with van der Waals surface area (Å²) >= 11 is 1.38. The van der Waals surface area contributed by atoms with E-state index in [-0.39, 0.29) is 17.8 Å². The monoisotopic (exact) mass is 320 g/mol. The molecule has 116 valence electrons. The first-order valence-electron chi connectivity index (χ1n) is 7.05. The average Bonchev–Trinajstić information content (AvgIpc) is 3.24. The van der Waals surface area contributed by atoms with E-state index in [4.69, 9.17) is 9.15 Å². The van der Waals surface area contributed by atoms with Crippen molar-refractivity contribution in [2.75, 3.05) is 20.2 Å². The predicted molar refractivity (Wildman–Crippen MR) is 80.5 cm³/mol. The van der Waals surface area contributed by atoms with Gasteiger partial charge in [0.2, 0.25) is 0 Å². The number of furan rings is 1. The zero-order chi connectivity index (χ0) is 15.5. The number of ether oxygens (including phenoxy) is 1. The smallest absolute Gasteiger partial charge is 0.308 e. The largest absolute Gasteiger partial charge is 0.469 e. The highest BCUT2D eigenvalue weighted by molar-refractivity contribution is 7.13. The summed E-state index contributed by atoms with van der Waals surface area (Å²) in [5, 5.41) is 2.44. The highest BCUT2D eigenvalue weighted by Gasteiger charge is 2.29. The lowest BCUT2D eigenvalue weighted by molar-refractivity contribution is -0.146. The maximum absolute atomic E-state index is 12.5. The summed E-state index contributed by atoms with van der Waals surface area (Å²) < 4.78 is 10.0. The summed E-state index contributed by atoms with van der Waals surface area (Å²) in [6, 6.07) is 3.60. The van der Waals surface area contributed by atoms with Gasteiger partial charge in [-0.3, -0.25) is 9.59 Å². The molecule has 3 rings (SSSR count). The normalized spacial score (nSPS) is 15.8. The Morgan fingerprint density at radius 3 is 2.82 bits per heavy atom. The summed E-state index contributed by atoms with van der Waals surface area (Å²) in [7, 11) is 1.39. The Morgan fingerprint density at radius 1 is 1.41 bits per heavy atom. The molecule has 0 unspecified atom stereocenters. The number of nitrogens with zero attached hydrogens (tertiary/aromatic N) is 2. The molecule has 1 aliphatic heterocycles. The van der Waals surface area contributed by atoms with E-state index in [9.17, 15) is 9.59 Å². The van der Waals surface area contributed by atoms with Crippen molar-refractivity contribution in [2.24, 2.45) is 5.92 Å². The minimum absolute atomic E-state index is 0.0997. The van der Waals surface area contributed by atoms with Gasteiger partial charge in [0.1, 0.15) is 5.69 Å². The fourth-order valence-corrected chi connectivity index (χ4v) is 3.29. The average molecular weight is 320 g/mol. The quantitative estimate of drug-likeness (QED) is 0.812. The van der Waals surface area contributed by atoms with Gasteiger partial charge in [0.25, 0.3) is 5.91 Å². The van der Waals surface area contributed by atoms with Crippen LogP contribution in [-0.2, 0) is 9.53 Å². The Bertz CT molecular complexity index is 657. The molecule has 2 aromatic heterocycles. The molecule has 0 aromatic carbocycles. The van der Waals surface area contributed by atoms with Crippen molar-refractivity contribution >= 4 is 23.2 Å². The molecule has 1 amide bonds. The molecule has 0 saturated carbocycles. The van der Waals surface area contributed by atoms with Crippen molar-refractivity contribution in [3.63, 3.8) is 0 Å². The van der Waals surface area contributed by atoms with Crippen molar-refractivity contribution in [3.8, 4) is 10.8 Å². The fraction of sp³-hybridized carbons (Fsp3) is 0.400. The summed E-state index contributed by atoms with van der Waals surface area (Å²) in [6.07, 6.45) is 2.84. The summed E-state index contributed by atoms with van der Waals surface area (Å²) in [6.45, 7) is 1.10. The number of hydrogen-bond donors (Lipinski definition) is 0. The van der Waals surface area contributed by atoms with Gasteiger partial charge in [-0.05, 0) is 25.0 Å². The second kappa shape index (κ2) is 6.31. The van der Waals surface area contributed by atoms with Gasteiger partial charge in [0.05, 0.1) is 19.3 Å². The number of rotatable bonds is 3. The third kappa shape index (κ3) is 2.89. The van der Waals surface area contributed by atoms with Gasteiger partial charge >= 0.3 is 5.97 Å². The van der Waals surface area contributed by atoms with E-state index in [1.165, 1.54) is 18.4 Å². The van der Waals surface area contributed by atoms with Crippen LogP contribution < -0.4 is 0 Å². The van der Waals surface area contributed by atoms with Crippen molar-refractivity contribution in [1.29, 1.82) is 0 Å². The zero-order valence-electron chi connectivity index (χ0n) is 12.2. The molecule has 1 fully saturated rings. The molecule has 3 heterocycles. The number of carbonyl (C=O) groups is 2. The third-order valence-corrected chi connectivity index (χ3v) is 4.63. The minimum Gasteiger partial charge on any atom is -0.469 e. The van der Waals surface area contributed by atoms with Crippen LogP contribution in [0.25, 0.3) is 10.8 Å². The maximum atomic E-state index is 12.5. The molecule has 0 bridgehead atoms. The van der Waals surface area contributed by atoms with Gasteiger partial charge < -0.3 is 14.1 Å². The van der Waals surface area contributed by atoms with Crippen LogP contribution in [0.2, 0.25) is 0 Å². The highest BCUT2D eigenvalue weighted by atomic mass is 32.1. The van der Waals surface area contributed by atoms with E-state index in [0.717, 1.165) is 0 Å². The SMILES string of the molecule is COC(=O)C1CCN(C(=O)c2csc(-c3ccco3)n2)CC1. The molecule has 0 radical (unpaired) electrons. The molecule has 0 spiro atoms. The van der Waals surface area contributed by atoms with E-state index < -0.39 is 0 Å². The summed E-state index contributed by atoms with van der Waals surface area (Å²) in [5.74, 6) is 0.259. The van der Waals surface area contributed by atoms with Crippen LogP contribution in [-0.4, -0.2) is 42.0 Å². The van der Waals surface area contributed by atoms with Crippen molar-refractivity contribution in [2.45, 2.75) is 12.8 Å². The molecule has 2 aromatic rings. The van der Waals surface area contributed by atoms with Crippen LogP contribution in [0.5, 0.6) is 0 Å². The number of carbonyl (C=O) groups excluding carboxylic acids is 2. The second-order valence-electron chi connectivity index (χ2n) is 5.10. The van der Waals surface area contributed by atoms with Gasteiger partial charge in [0, 0.05) is 18.5 Å². The highest BCUT2D eigenvalue weighted by Crippen LogP contribution is 2.26. The number of hydrogen-bond acceptors (Lipinski definition) is 6. The van der Waals surface area contributed by atoms with Gasteiger partial charge in [-0.15, -0.1) is 11.3 Å². The zero-order valence-corrected chi connectivity index (χ0v) is 13.0. The topological polar surface area (TPSA) is 72.6 Å². The van der Waals surface area contributed by atoms with E-state index in [0.29, 0.717) is 42.4 Å². The van der Waals surface area contributed by atoms with Crippen LogP contribution in [0, 0.1) is 5.92 Å². The Kier molecular flexibility index (Phi) is 4.24. The number of thiazole rings is 1. The first-order valence-corrected chi connectivity index (χ1v) is 7.93. The molecule has 7 heteroatoms. The summed E-state index contributed by atoms with van der Waals surface area (Å²) in [4.78, 5) is 30.0. The predicted octanol–water partition coefficient (Wildman–Crippen LogP) is 2.43. The van der Waals surface area contributed by atoms with Crippen molar-refractivity contribution in [3.05, 3.63) is 29.5 Å². The first-order chi connectivity index (χ1) is 10.7. The number of likely N-dealkylation sites (tertiary alicyclic amines) is 1. The van der Waals surface area contributed by atoms with E-state index in [2.05, 4.69) is 4.98 Å². The van der Waals surface area contributed by atoms with Crippen LogP contribution in [0.3, 0.4) is 0 Å². The van der Waals surface area contributed by atoms with E-state index in [1.54, 1.807) is 22.6 Å². The van der Waals surface area contributed by atoms with Gasteiger partial charge in [-0.1, -0.05) is 0 Å². The Labute approximate surface area is 131 Å². The van der Waals surface area contributed by atoms with Gasteiger partial charge in [0.15, 0.2) is 10.8 Å². The molecular weight excluding hydrogens is 304 g/mol. The lowest BCUT2D eigenvalue weighted by Gasteiger charge is -2.30.